The van der Waals surface area contributed by atoms with Crippen molar-refractivity contribution in [1.82, 2.24) is 4.98 Å². The third-order valence-electron chi connectivity index (χ3n) is 3.70. The molecule has 0 amide bonds. The van der Waals surface area contributed by atoms with E-state index < -0.39 is 11.4 Å². The smallest absolute Gasteiger partial charge is 0.311 e. The SMILES string of the molecule is Cc1cc(C#N)cc(NCC2(C(=O)O)CCCC2)n1. The molecule has 2 N–H and O–H groups in total. The maximum Gasteiger partial charge on any atom is 0.311 e. The summed E-state index contributed by atoms with van der Waals surface area (Å²) in [5, 5.41) is 21.4. The zero-order chi connectivity index (χ0) is 13.9. The van der Waals surface area contributed by atoms with E-state index in [-0.39, 0.29) is 0 Å². The number of aromatic nitrogens is 1. The molecular weight excluding hydrogens is 242 g/mol. The number of aliphatic carboxylic acids is 1. The molecule has 2 rings (SSSR count). The summed E-state index contributed by atoms with van der Waals surface area (Å²) in [6.07, 6.45) is 3.32. The fraction of sp³-hybridized carbons (Fsp3) is 0.500. The first-order chi connectivity index (χ1) is 9.05. The molecule has 0 saturated heterocycles. The topological polar surface area (TPSA) is 86.0 Å². The van der Waals surface area contributed by atoms with Gasteiger partial charge in [0.15, 0.2) is 0 Å². The molecule has 1 aliphatic rings. The van der Waals surface area contributed by atoms with Crippen LogP contribution in [0.3, 0.4) is 0 Å². The van der Waals surface area contributed by atoms with Crippen LogP contribution in [0.2, 0.25) is 0 Å². The fourth-order valence-corrected chi connectivity index (χ4v) is 2.60. The lowest BCUT2D eigenvalue weighted by atomic mass is 9.86. The Bertz CT molecular complexity index is 528. The molecule has 1 fully saturated rings. The van der Waals surface area contributed by atoms with Crippen molar-refractivity contribution in [3.63, 3.8) is 0 Å². The zero-order valence-corrected chi connectivity index (χ0v) is 10.9. The second-order valence-corrected chi connectivity index (χ2v) is 5.14. The molecule has 0 radical (unpaired) electrons. The van der Waals surface area contributed by atoms with Gasteiger partial charge in [-0.05, 0) is 31.9 Å². The summed E-state index contributed by atoms with van der Waals surface area (Å²) in [7, 11) is 0. The largest absolute Gasteiger partial charge is 0.481 e. The van der Waals surface area contributed by atoms with E-state index in [1.165, 1.54) is 0 Å². The lowest BCUT2D eigenvalue weighted by Crippen LogP contribution is -2.35. The molecule has 100 valence electrons. The van der Waals surface area contributed by atoms with Gasteiger partial charge in [0.2, 0.25) is 0 Å². The average molecular weight is 259 g/mol. The summed E-state index contributed by atoms with van der Waals surface area (Å²) < 4.78 is 0. The van der Waals surface area contributed by atoms with Crippen molar-refractivity contribution in [3.05, 3.63) is 23.4 Å². The maximum atomic E-state index is 11.4. The summed E-state index contributed by atoms with van der Waals surface area (Å²) >= 11 is 0. The van der Waals surface area contributed by atoms with Crippen molar-refractivity contribution in [3.8, 4) is 6.07 Å². The number of nitriles is 1. The summed E-state index contributed by atoms with van der Waals surface area (Å²) in [5.41, 5.74) is 0.598. The van der Waals surface area contributed by atoms with E-state index in [4.69, 9.17) is 5.26 Å². The molecule has 5 heteroatoms. The van der Waals surface area contributed by atoms with Crippen LogP contribution < -0.4 is 5.32 Å². The standard InChI is InChI=1S/C14H17N3O2/c1-10-6-11(8-15)7-12(17-10)16-9-14(13(18)19)4-2-3-5-14/h6-7H,2-5,9H2,1H3,(H,16,17)(H,18,19). The van der Waals surface area contributed by atoms with Crippen molar-refractivity contribution in [2.75, 3.05) is 11.9 Å². The van der Waals surface area contributed by atoms with E-state index in [0.29, 0.717) is 30.8 Å². The van der Waals surface area contributed by atoms with E-state index in [0.717, 1.165) is 18.5 Å². The van der Waals surface area contributed by atoms with Gasteiger partial charge in [-0.2, -0.15) is 5.26 Å². The number of aryl methyl sites for hydroxylation is 1. The van der Waals surface area contributed by atoms with Crippen molar-refractivity contribution < 1.29 is 9.90 Å². The van der Waals surface area contributed by atoms with Crippen LogP contribution in [0, 0.1) is 23.7 Å². The first kappa shape index (κ1) is 13.3. The number of rotatable bonds is 4. The summed E-state index contributed by atoms with van der Waals surface area (Å²) in [5.74, 6) is -0.172. The third kappa shape index (κ3) is 2.84. The molecule has 1 aromatic rings. The highest BCUT2D eigenvalue weighted by Gasteiger charge is 2.41. The highest BCUT2D eigenvalue weighted by Crippen LogP contribution is 2.38. The highest BCUT2D eigenvalue weighted by molar-refractivity contribution is 5.75. The maximum absolute atomic E-state index is 11.4. The number of pyridine rings is 1. The molecule has 1 aliphatic carbocycles. The molecule has 0 aliphatic heterocycles. The minimum absolute atomic E-state index is 0.365. The van der Waals surface area contributed by atoms with Crippen LogP contribution in [0.4, 0.5) is 5.82 Å². The molecule has 0 aromatic carbocycles. The van der Waals surface area contributed by atoms with Crippen LogP contribution in [0.1, 0.15) is 36.9 Å². The number of carbonyl (C=O) groups is 1. The van der Waals surface area contributed by atoms with Gasteiger partial charge < -0.3 is 10.4 Å². The molecule has 1 aromatic heterocycles. The third-order valence-corrected chi connectivity index (χ3v) is 3.70. The van der Waals surface area contributed by atoms with Gasteiger partial charge in [-0.3, -0.25) is 4.79 Å². The summed E-state index contributed by atoms with van der Waals surface area (Å²) in [4.78, 5) is 15.7. The summed E-state index contributed by atoms with van der Waals surface area (Å²) in [6.45, 7) is 2.18. The Morgan fingerprint density at radius 3 is 2.79 bits per heavy atom. The Morgan fingerprint density at radius 1 is 1.53 bits per heavy atom. The van der Waals surface area contributed by atoms with Crippen LogP contribution >= 0.6 is 0 Å². The molecule has 0 atom stereocenters. The van der Waals surface area contributed by atoms with Gasteiger partial charge in [-0.15, -0.1) is 0 Å². The van der Waals surface area contributed by atoms with E-state index >= 15 is 0 Å². The van der Waals surface area contributed by atoms with Gasteiger partial charge in [0, 0.05) is 12.2 Å². The summed E-state index contributed by atoms with van der Waals surface area (Å²) in [6, 6.07) is 5.42. The molecule has 1 heterocycles. The first-order valence-corrected chi connectivity index (χ1v) is 6.42. The van der Waals surface area contributed by atoms with Crippen LogP contribution in [0.5, 0.6) is 0 Å². The van der Waals surface area contributed by atoms with E-state index in [1.807, 2.05) is 6.92 Å². The second-order valence-electron chi connectivity index (χ2n) is 5.14. The van der Waals surface area contributed by atoms with Gasteiger partial charge in [0.25, 0.3) is 0 Å². The number of hydrogen-bond acceptors (Lipinski definition) is 4. The first-order valence-electron chi connectivity index (χ1n) is 6.42. The fourth-order valence-electron chi connectivity index (χ4n) is 2.60. The number of carboxylic acid groups (broad SMARTS) is 1. The minimum Gasteiger partial charge on any atom is -0.481 e. The Balaban J connectivity index is 2.12. The van der Waals surface area contributed by atoms with Crippen LogP contribution in [0.25, 0.3) is 0 Å². The Labute approximate surface area is 112 Å². The van der Waals surface area contributed by atoms with E-state index in [1.54, 1.807) is 12.1 Å². The average Bonchev–Trinajstić information content (AvgIpc) is 2.86. The normalized spacial score (nSPS) is 16.8. The molecular formula is C14H17N3O2. The van der Waals surface area contributed by atoms with Gasteiger partial charge in [0.05, 0.1) is 17.0 Å². The van der Waals surface area contributed by atoms with Crippen LogP contribution in [0.15, 0.2) is 12.1 Å². The predicted molar refractivity (Wildman–Crippen MR) is 70.7 cm³/mol. The van der Waals surface area contributed by atoms with Crippen molar-refractivity contribution in [1.29, 1.82) is 5.26 Å². The Morgan fingerprint density at radius 2 is 2.21 bits per heavy atom. The van der Waals surface area contributed by atoms with Gasteiger partial charge >= 0.3 is 5.97 Å². The highest BCUT2D eigenvalue weighted by atomic mass is 16.4. The van der Waals surface area contributed by atoms with Gasteiger partial charge in [-0.25, -0.2) is 4.98 Å². The van der Waals surface area contributed by atoms with Crippen molar-refractivity contribution in [2.24, 2.45) is 5.41 Å². The number of anilines is 1. The quantitative estimate of drug-likeness (QED) is 0.866. The van der Waals surface area contributed by atoms with E-state index in [9.17, 15) is 9.90 Å². The Hall–Kier alpha value is -2.09. The van der Waals surface area contributed by atoms with Crippen LogP contribution in [-0.2, 0) is 4.79 Å². The lowest BCUT2D eigenvalue weighted by molar-refractivity contribution is -0.147. The van der Waals surface area contributed by atoms with Crippen molar-refractivity contribution >= 4 is 11.8 Å². The zero-order valence-electron chi connectivity index (χ0n) is 10.9. The van der Waals surface area contributed by atoms with E-state index in [2.05, 4.69) is 16.4 Å². The number of nitrogens with zero attached hydrogens (tertiary/aromatic N) is 2. The minimum atomic E-state index is -0.745. The molecule has 0 unspecified atom stereocenters. The number of nitrogens with one attached hydrogen (secondary N) is 1. The van der Waals surface area contributed by atoms with Crippen molar-refractivity contribution in [2.45, 2.75) is 32.6 Å². The molecule has 19 heavy (non-hydrogen) atoms. The monoisotopic (exact) mass is 259 g/mol. The van der Waals surface area contributed by atoms with Crippen LogP contribution in [-0.4, -0.2) is 22.6 Å². The molecule has 5 nitrogen and oxygen atoms in total. The predicted octanol–water partition coefficient (Wildman–Crippen LogP) is 2.32. The Kier molecular flexibility index (Phi) is 3.70. The molecule has 0 spiro atoms. The number of carboxylic acids is 1. The number of hydrogen-bond donors (Lipinski definition) is 2. The molecule has 1 saturated carbocycles. The molecule has 0 bridgehead atoms. The lowest BCUT2D eigenvalue weighted by Gasteiger charge is -2.24. The second kappa shape index (κ2) is 5.27. The van der Waals surface area contributed by atoms with Gasteiger partial charge in [0.1, 0.15) is 5.82 Å². The van der Waals surface area contributed by atoms with Gasteiger partial charge in [-0.1, -0.05) is 12.8 Å².